The maximum atomic E-state index is 12.7. The Hall–Kier alpha value is -0.850. The smallest absolute Gasteiger partial charge is 0.244 e. The molecule has 21 heavy (non-hydrogen) atoms. The predicted octanol–water partition coefficient (Wildman–Crippen LogP) is 2.98. The fourth-order valence-corrected chi connectivity index (χ4v) is 4.41. The summed E-state index contributed by atoms with van der Waals surface area (Å²) in [6.07, 6.45) is 4.40. The van der Waals surface area contributed by atoms with E-state index in [1.807, 2.05) is 6.92 Å². The minimum Gasteiger partial charge on any atom is -0.369 e. The van der Waals surface area contributed by atoms with Crippen molar-refractivity contribution in [3.05, 3.63) is 17.3 Å². The van der Waals surface area contributed by atoms with E-state index in [1.165, 1.54) is 12.3 Å². The van der Waals surface area contributed by atoms with E-state index in [-0.39, 0.29) is 4.90 Å². The van der Waals surface area contributed by atoms with Crippen LogP contribution >= 0.6 is 11.6 Å². The van der Waals surface area contributed by atoms with Crippen molar-refractivity contribution in [2.45, 2.75) is 38.0 Å². The van der Waals surface area contributed by atoms with Gasteiger partial charge in [0.15, 0.2) is 0 Å². The zero-order valence-electron chi connectivity index (χ0n) is 12.5. The van der Waals surface area contributed by atoms with Gasteiger partial charge in [-0.25, -0.2) is 13.4 Å². The average Bonchev–Trinajstić information content (AvgIpc) is 2.49. The highest BCUT2D eigenvalue weighted by molar-refractivity contribution is 7.89. The van der Waals surface area contributed by atoms with Crippen molar-refractivity contribution < 1.29 is 8.42 Å². The van der Waals surface area contributed by atoms with Gasteiger partial charge >= 0.3 is 0 Å². The molecule has 0 aliphatic carbocycles. The van der Waals surface area contributed by atoms with Gasteiger partial charge in [0, 0.05) is 25.8 Å². The molecular formula is C14H22ClN3O2S. The van der Waals surface area contributed by atoms with E-state index in [9.17, 15) is 8.42 Å². The Bertz CT molecular complexity index is 592. The highest BCUT2D eigenvalue weighted by Crippen LogP contribution is 2.28. The number of nitrogens with one attached hydrogen (secondary N) is 1. The van der Waals surface area contributed by atoms with Gasteiger partial charge in [-0.05, 0) is 31.7 Å². The van der Waals surface area contributed by atoms with E-state index in [1.54, 1.807) is 4.31 Å². The molecule has 5 nitrogen and oxygen atoms in total. The summed E-state index contributed by atoms with van der Waals surface area (Å²) in [5.74, 6) is 0.959. The Morgan fingerprint density at radius 2 is 2.24 bits per heavy atom. The molecule has 1 fully saturated rings. The molecule has 1 saturated heterocycles. The van der Waals surface area contributed by atoms with Gasteiger partial charge in [0.25, 0.3) is 0 Å². The largest absolute Gasteiger partial charge is 0.369 e. The second-order valence-electron chi connectivity index (χ2n) is 5.31. The number of halogens is 1. The van der Waals surface area contributed by atoms with Gasteiger partial charge in [0.05, 0.1) is 5.02 Å². The molecule has 1 atom stereocenters. The Morgan fingerprint density at radius 1 is 1.48 bits per heavy atom. The van der Waals surface area contributed by atoms with Crippen molar-refractivity contribution in [1.29, 1.82) is 0 Å². The van der Waals surface area contributed by atoms with Crippen LogP contribution in [-0.4, -0.2) is 37.3 Å². The van der Waals surface area contributed by atoms with Crippen molar-refractivity contribution in [1.82, 2.24) is 9.29 Å². The Morgan fingerprint density at radius 3 is 2.86 bits per heavy atom. The first-order chi connectivity index (χ1) is 9.98. The number of hydrogen-bond donors (Lipinski definition) is 1. The van der Waals surface area contributed by atoms with Gasteiger partial charge in [0.2, 0.25) is 10.0 Å². The molecule has 0 bridgehead atoms. The summed E-state index contributed by atoms with van der Waals surface area (Å²) >= 11 is 6.10. The lowest BCUT2D eigenvalue weighted by Crippen LogP contribution is -2.39. The van der Waals surface area contributed by atoms with Crippen LogP contribution in [0, 0.1) is 5.92 Å². The number of piperidine rings is 1. The van der Waals surface area contributed by atoms with Gasteiger partial charge in [-0.2, -0.15) is 4.31 Å². The fourth-order valence-electron chi connectivity index (χ4n) is 2.59. The minimum atomic E-state index is -3.50. The first-order valence-electron chi connectivity index (χ1n) is 7.38. The molecule has 2 rings (SSSR count). The predicted molar refractivity (Wildman–Crippen MR) is 85.2 cm³/mol. The third-order valence-electron chi connectivity index (χ3n) is 3.86. The van der Waals surface area contributed by atoms with Gasteiger partial charge in [0.1, 0.15) is 10.7 Å². The summed E-state index contributed by atoms with van der Waals surface area (Å²) in [4.78, 5) is 4.29. The van der Waals surface area contributed by atoms with Crippen molar-refractivity contribution in [2.75, 3.05) is 25.0 Å². The normalized spacial score (nSPS) is 20.4. The van der Waals surface area contributed by atoms with E-state index in [4.69, 9.17) is 11.6 Å². The van der Waals surface area contributed by atoms with Crippen LogP contribution in [0.2, 0.25) is 5.02 Å². The summed E-state index contributed by atoms with van der Waals surface area (Å²) in [5.41, 5.74) is 0. The SMILES string of the molecule is CCNc1ncc(S(=O)(=O)N2CCCC(CC)C2)cc1Cl. The summed E-state index contributed by atoms with van der Waals surface area (Å²) in [6, 6.07) is 1.48. The maximum Gasteiger partial charge on any atom is 0.244 e. The highest BCUT2D eigenvalue weighted by atomic mass is 35.5. The molecule has 1 aromatic heterocycles. The lowest BCUT2D eigenvalue weighted by atomic mass is 9.97. The van der Waals surface area contributed by atoms with Gasteiger partial charge in [-0.15, -0.1) is 0 Å². The van der Waals surface area contributed by atoms with E-state index < -0.39 is 10.0 Å². The third kappa shape index (κ3) is 3.67. The molecule has 0 aromatic carbocycles. The van der Waals surface area contributed by atoms with Crippen LogP contribution in [0.4, 0.5) is 5.82 Å². The summed E-state index contributed by atoms with van der Waals surface area (Å²) in [6.45, 7) is 5.88. The molecule has 1 unspecified atom stereocenters. The molecule has 1 aliphatic rings. The van der Waals surface area contributed by atoms with Crippen LogP contribution in [0.25, 0.3) is 0 Å². The first-order valence-corrected chi connectivity index (χ1v) is 9.20. The quantitative estimate of drug-likeness (QED) is 0.901. The van der Waals surface area contributed by atoms with Crippen LogP contribution in [0.5, 0.6) is 0 Å². The Balaban J connectivity index is 2.25. The van der Waals surface area contributed by atoms with Crippen LogP contribution in [0.1, 0.15) is 33.1 Å². The molecule has 1 N–H and O–H groups in total. The molecule has 0 radical (unpaired) electrons. The zero-order chi connectivity index (χ0) is 15.5. The summed E-state index contributed by atoms with van der Waals surface area (Å²) < 4.78 is 26.9. The number of rotatable bonds is 5. The molecule has 0 spiro atoms. The number of aromatic nitrogens is 1. The maximum absolute atomic E-state index is 12.7. The number of pyridine rings is 1. The summed E-state index contributed by atoms with van der Waals surface area (Å²) in [7, 11) is -3.50. The number of sulfonamides is 1. The molecule has 0 amide bonds. The van der Waals surface area contributed by atoms with Crippen molar-refractivity contribution in [3.63, 3.8) is 0 Å². The standard InChI is InChI=1S/C14H22ClN3O2S/c1-3-11-6-5-7-18(10-11)21(19,20)12-8-13(15)14(16-4-2)17-9-12/h8-9,11H,3-7,10H2,1-2H3,(H,16,17). The molecule has 7 heteroatoms. The highest BCUT2D eigenvalue weighted by Gasteiger charge is 2.30. The average molecular weight is 332 g/mol. The fraction of sp³-hybridized carbons (Fsp3) is 0.643. The monoisotopic (exact) mass is 331 g/mol. The van der Waals surface area contributed by atoms with E-state index in [0.717, 1.165) is 19.3 Å². The van der Waals surface area contributed by atoms with Crippen molar-refractivity contribution in [2.24, 2.45) is 5.92 Å². The van der Waals surface area contributed by atoms with Crippen molar-refractivity contribution >= 4 is 27.4 Å². The van der Waals surface area contributed by atoms with Crippen molar-refractivity contribution in [3.8, 4) is 0 Å². The molecule has 1 aromatic rings. The van der Waals surface area contributed by atoms with E-state index in [0.29, 0.717) is 36.4 Å². The second-order valence-corrected chi connectivity index (χ2v) is 7.66. The molecule has 1 aliphatic heterocycles. The first kappa shape index (κ1) is 16.5. The lowest BCUT2D eigenvalue weighted by molar-refractivity contribution is 0.261. The van der Waals surface area contributed by atoms with Crippen LogP contribution in [0.3, 0.4) is 0 Å². The topological polar surface area (TPSA) is 62.3 Å². The van der Waals surface area contributed by atoms with Crippen LogP contribution in [-0.2, 0) is 10.0 Å². The second kappa shape index (κ2) is 6.94. The number of nitrogens with zero attached hydrogens (tertiary/aromatic N) is 2. The van der Waals surface area contributed by atoms with Gasteiger partial charge in [-0.1, -0.05) is 24.9 Å². The van der Waals surface area contributed by atoms with E-state index in [2.05, 4.69) is 17.2 Å². The van der Waals surface area contributed by atoms with Crippen LogP contribution < -0.4 is 5.32 Å². The molecule has 118 valence electrons. The molecule has 0 saturated carbocycles. The Kier molecular flexibility index (Phi) is 5.46. The van der Waals surface area contributed by atoms with Gasteiger partial charge < -0.3 is 5.32 Å². The molecular weight excluding hydrogens is 310 g/mol. The number of anilines is 1. The molecule has 2 heterocycles. The third-order valence-corrected chi connectivity index (χ3v) is 5.98. The van der Waals surface area contributed by atoms with Gasteiger partial charge in [-0.3, -0.25) is 0 Å². The summed E-state index contributed by atoms with van der Waals surface area (Å²) in [5, 5.41) is 3.33. The lowest BCUT2D eigenvalue weighted by Gasteiger charge is -2.31. The van der Waals surface area contributed by atoms with E-state index >= 15 is 0 Å². The number of hydrogen-bond acceptors (Lipinski definition) is 4. The van der Waals surface area contributed by atoms with Crippen LogP contribution in [0.15, 0.2) is 17.2 Å². The minimum absolute atomic E-state index is 0.172. The zero-order valence-corrected chi connectivity index (χ0v) is 14.0. The Labute approximate surface area is 131 Å².